The molecule has 0 aliphatic carbocycles. The quantitative estimate of drug-likeness (QED) is 0.744. The molecule has 1 saturated heterocycles. The third-order valence-electron chi connectivity index (χ3n) is 6.27. The van der Waals surface area contributed by atoms with Crippen LogP contribution >= 0.6 is 0 Å². The average Bonchev–Trinajstić information content (AvgIpc) is 3.28. The zero-order valence-corrected chi connectivity index (χ0v) is 19.0. The number of rotatable bonds is 6. The predicted octanol–water partition coefficient (Wildman–Crippen LogP) is 2.12. The zero-order valence-electron chi connectivity index (χ0n) is 19.0. The second kappa shape index (κ2) is 9.32. The highest BCUT2D eigenvalue weighted by Crippen LogP contribution is 2.40. The lowest BCUT2D eigenvalue weighted by Crippen LogP contribution is -2.55. The van der Waals surface area contributed by atoms with E-state index in [1.54, 1.807) is 13.3 Å². The SMILES string of the molecule is COc1ccc(CC(=O)N2CCC3(CC2)OC(C(=O)NCC(C)C)Cn2ccnc23)cc1. The molecule has 3 heterocycles. The number of carbonyl (C=O) groups is 2. The van der Waals surface area contributed by atoms with Gasteiger partial charge in [0.15, 0.2) is 6.10 Å². The number of hydrogen-bond acceptors (Lipinski definition) is 5. The number of hydrogen-bond donors (Lipinski definition) is 1. The van der Waals surface area contributed by atoms with Crippen LogP contribution in [0.3, 0.4) is 0 Å². The van der Waals surface area contributed by atoms with Crippen molar-refractivity contribution in [3.8, 4) is 5.75 Å². The van der Waals surface area contributed by atoms with Crippen LogP contribution < -0.4 is 10.1 Å². The maximum Gasteiger partial charge on any atom is 0.251 e. The molecule has 32 heavy (non-hydrogen) atoms. The van der Waals surface area contributed by atoms with Crippen LogP contribution in [0.25, 0.3) is 0 Å². The third-order valence-corrected chi connectivity index (χ3v) is 6.27. The molecule has 1 spiro atoms. The van der Waals surface area contributed by atoms with Crippen molar-refractivity contribution in [3.05, 3.63) is 48.0 Å². The Hall–Kier alpha value is -2.87. The highest BCUT2D eigenvalue weighted by molar-refractivity contribution is 5.81. The number of fused-ring (bicyclic) bond motifs is 2. The van der Waals surface area contributed by atoms with Gasteiger partial charge in [0.25, 0.3) is 5.91 Å². The van der Waals surface area contributed by atoms with Crippen LogP contribution in [-0.2, 0) is 32.9 Å². The molecule has 2 aliphatic rings. The lowest BCUT2D eigenvalue weighted by atomic mass is 9.88. The van der Waals surface area contributed by atoms with Crippen LogP contribution in [0, 0.1) is 5.92 Å². The van der Waals surface area contributed by atoms with Gasteiger partial charge in [-0.1, -0.05) is 26.0 Å². The Labute approximate surface area is 188 Å². The van der Waals surface area contributed by atoms with E-state index in [9.17, 15) is 9.59 Å². The number of benzene rings is 1. The fourth-order valence-electron chi connectivity index (χ4n) is 4.44. The highest BCUT2D eigenvalue weighted by atomic mass is 16.5. The van der Waals surface area contributed by atoms with Crippen molar-refractivity contribution >= 4 is 11.8 Å². The molecule has 2 aromatic rings. The molecule has 2 aliphatic heterocycles. The molecule has 2 amide bonds. The molecule has 0 radical (unpaired) electrons. The van der Waals surface area contributed by atoms with E-state index in [1.165, 1.54) is 0 Å². The van der Waals surface area contributed by atoms with Gasteiger partial charge in [-0.25, -0.2) is 4.98 Å². The number of likely N-dealkylation sites (tertiary alicyclic amines) is 1. The number of nitrogens with zero attached hydrogens (tertiary/aromatic N) is 3. The fourth-order valence-corrected chi connectivity index (χ4v) is 4.44. The van der Waals surface area contributed by atoms with E-state index >= 15 is 0 Å². The summed E-state index contributed by atoms with van der Waals surface area (Å²) >= 11 is 0. The summed E-state index contributed by atoms with van der Waals surface area (Å²) in [4.78, 5) is 32.0. The molecule has 1 fully saturated rings. The number of piperidine rings is 1. The zero-order chi connectivity index (χ0) is 22.7. The topological polar surface area (TPSA) is 85.7 Å². The Bertz CT molecular complexity index is 945. The first-order chi connectivity index (χ1) is 15.4. The molecular formula is C24H32N4O4. The lowest BCUT2D eigenvalue weighted by molar-refractivity contribution is -0.175. The van der Waals surface area contributed by atoms with Gasteiger partial charge in [-0.2, -0.15) is 0 Å². The van der Waals surface area contributed by atoms with Gasteiger partial charge < -0.3 is 24.3 Å². The number of imidazole rings is 1. The maximum atomic E-state index is 12.9. The van der Waals surface area contributed by atoms with Gasteiger partial charge >= 0.3 is 0 Å². The van der Waals surface area contributed by atoms with Crippen LogP contribution in [0.2, 0.25) is 0 Å². The number of nitrogens with one attached hydrogen (secondary N) is 1. The van der Waals surface area contributed by atoms with E-state index in [-0.39, 0.29) is 11.8 Å². The molecule has 4 rings (SSSR count). The Morgan fingerprint density at radius 2 is 1.97 bits per heavy atom. The van der Waals surface area contributed by atoms with Crippen molar-refractivity contribution < 1.29 is 19.1 Å². The van der Waals surface area contributed by atoms with Gasteiger partial charge in [0.05, 0.1) is 20.1 Å². The standard InChI is InChI=1S/C24H32N4O4/c1-17(2)15-26-22(30)20-16-28-13-10-25-23(28)24(32-20)8-11-27(12-9-24)21(29)14-18-4-6-19(31-3)7-5-18/h4-7,10,13,17,20H,8-9,11-12,14-16H2,1-3H3,(H,26,30). The van der Waals surface area contributed by atoms with Gasteiger partial charge in [0, 0.05) is 44.9 Å². The highest BCUT2D eigenvalue weighted by Gasteiger charge is 2.47. The molecule has 1 aromatic carbocycles. The van der Waals surface area contributed by atoms with Crippen molar-refractivity contribution in [2.45, 2.75) is 51.4 Å². The molecule has 8 heteroatoms. The van der Waals surface area contributed by atoms with Crippen molar-refractivity contribution in [2.24, 2.45) is 5.92 Å². The molecule has 1 atom stereocenters. The number of ether oxygens (including phenoxy) is 2. The van der Waals surface area contributed by atoms with Crippen LogP contribution in [0.5, 0.6) is 5.75 Å². The summed E-state index contributed by atoms with van der Waals surface area (Å²) in [5, 5.41) is 2.99. The summed E-state index contributed by atoms with van der Waals surface area (Å²) in [6.45, 7) is 6.36. The first-order valence-corrected chi connectivity index (χ1v) is 11.3. The number of aromatic nitrogens is 2. The number of carbonyl (C=O) groups excluding carboxylic acids is 2. The first kappa shape index (κ1) is 22.3. The van der Waals surface area contributed by atoms with Gasteiger partial charge in [-0.05, 0) is 23.6 Å². The number of methoxy groups -OCH3 is 1. The van der Waals surface area contributed by atoms with Crippen LogP contribution in [-0.4, -0.2) is 59.1 Å². The minimum atomic E-state index is -0.640. The Balaban J connectivity index is 1.41. The monoisotopic (exact) mass is 440 g/mol. The normalized spacial score (nSPS) is 19.6. The van der Waals surface area contributed by atoms with Crippen molar-refractivity contribution in [1.29, 1.82) is 0 Å². The third kappa shape index (κ3) is 4.65. The lowest BCUT2D eigenvalue weighted by Gasteiger charge is -2.45. The van der Waals surface area contributed by atoms with Crippen LogP contribution in [0.15, 0.2) is 36.7 Å². The summed E-state index contributed by atoms with van der Waals surface area (Å²) < 4.78 is 13.6. The maximum absolute atomic E-state index is 12.9. The minimum Gasteiger partial charge on any atom is -0.497 e. The second-order valence-corrected chi connectivity index (χ2v) is 9.05. The van der Waals surface area contributed by atoms with E-state index in [2.05, 4.69) is 24.1 Å². The van der Waals surface area contributed by atoms with E-state index < -0.39 is 11.7 Å². The van der Waals surface area contributed by atoms with E-state index in [0.717, 1.165) is 17.1 Å². The predicted molar refractivity (Wildman–Crippen MR) is 119 cm³/mol. The van der Waals surface area contributed by atoms with Crippen LogP contribution in [0.1, 0.15) is 38.1 Å². The molecule has 1 aromatic heterocycles. The largest absolute Gasteiger partial charge is 0.497 e. The van der Waals surface area contributed by atoms with Crippen LogP contribution in [0.4, 0.5) is 0 Å². The van der Waals surface area contributed by atoms with Gasteiger partial charge in [0.2, 0.25) is 5.91 Å². The second-order valence-electron chi connectivity index (χ2n) is 9.05. The van der Waals surface area contributed by atoms with Gasteiger partial charge in [0.1, 0.15) is 17.2 Å². The molecule has 1 N–H and O–H groups in total. The minimum absolute atomic E-state index is 0.0876. The summed E-state index contributed by atoms with van der Waals surface area (Å²) in [7, 11) is 1.63. The van der Waals surface area contributed by atoms with Crippen molar-refractivity contribution in [1.82, 2.24) is 19.8 Å². The molecule has 0 saturated carbocycles. The molecule has 1 unspecified atom stereocenters. The van der Waals surface area contributed by atoms with Crippen molar-refractivity contribution in [3.63, 3.8) is 0 Å². The number of amides is 2. The first-order valence-electron chi connectivity index (χ1n) is 11.3. The summed E-state index contributed by atoms with van der Waals surface area (Å²) in [6, 6.07) is 7.58. The summed E-state index contributed by atoms with van der Waals surface area (Å²) in [5.74, 6) is 2.01. The Morgan fingerprint density at radius 1 is 1.25 bits per heavy atom. The smallest absolute Gasteiger partial charge is 0.251 e. The molecular weight excluding hydrogens is 408 g/mol. The Morgan fingerprint density at radius 3 is 2.62 bits per heavy atom. The summed E-state index contributed by atoms with van der Waals surface area (Å²) in [6.07, 6.45) is 4.70. The van der Waals surface area contributed by atoms with E-state index in [4.69, 9.17) is 9.47 Å². The fraction of sp³-hybridized carbons (Fsp3) is 0.542. The molecule has 172 valence electrons. The Kier molecular flexibility index (Phi) is 6.50. The average molecular weight is 441 g/mol. The molecule has 8 nitrogen and oxygen atoms in total. The van der Waals surface area contributed by atoms with E-state index in [0.29, 0.717) is 51.4 Å². The van der Waals surface area contributed by atoms with Gasteiger partial charge in [-0.15, -0.1) is 0 Å². The van der Waals surface area contributed by atoms with Crippen molar-refractivity contribution in [2.75, 3.05) is 26.7 Å². The van der Waals surface area contributed by atoms with Gasteiger partial charge in [-0.3, -0.25) is 9.59 Å². The van der Waals surface area contributed by atoms with E-state index in [1.807, 2.05) is 39.9 Å². The molecule has 0 bridgehead atoms. The summed E-state index contributed by atoms with van der Waals surface area (Å²) in [5.41, 5.74) is 0.320.